The predicted molar refractivity (Wildman–Crippen MR) is 75.4 cm³/mol. The van der Waals surface area contributed by atoms with Crippen molar-refractivity contribution in [3.63, 3.8) is 0 Å². The van der Waals surface area contributed by atoms with Crippen LogP contribution in [-0.4, -0.2) is 17.7 Å². The van der Waals surface area contributed by atoms with Gasteiger partial charge in [-0.2, -0.15) is 0 Å². The lowest BCUT2D eigenvalue weighted by Crippen LogP contribution is -2.37. The summed E-state index contributed by atoms with van der Waals surface area (Å²) in [7, 11) is 0. The number of aliphatic hydroxyl groups excluding tert-OH is 1. The van der Waals surface area contributed by atoms with E-state index < -0.39 is 17.7 Å². The third-order valence-corrected chi connectivity index (χ3v) is 4.31. The van der Waals surface area contributed by atoms with E-state index in [4.69, 9.17) is 0 Å². The number of hydrogen-bond acceptors (Lipinski definition) is 2. The summed E-state index contributed by atoms with van der Waals surface area (Å²) < 4.78 is 26.6. The molecule has 0 radical (unpaired) electrons. The van der Waals surface area contributed by atoms with Gasteiger partial charge in [0.1, 0.15) is 11.6 Å². The average Bonchev–Trinajstić information content (AvgIpc) is 2.47. The van der Waals surface area contributed by atoms with Gasteiger partial charge in [0, 0.05) is 18.2 Å². The first kappa shape index (κ1) is 15.4. The fourth-order valence-electron chi connectivity index (χ4n) is 2.98. The average molecular weight is 283 g/mol. The molecule has 0 spiro atoms. The number of rotatable bonds is 5. The molecule has 1 saturated carbocycles. The zero-order chi connectivity index (χ0) is 14.5. The van der Waals surface area contributed by atoms with Crippen LogP contribution in [0.5, 0.6) is 0 Å². The van der Waals surface area contributed by atoms with E-state index in [2.05, 4.69) is 12.2 Å². The lowest BCUT2D eigenvalue weighted by molar-refractivity contribution is 0.156. The molecule has 0 aliphatic heterocycles. The van der Waals surface area contributed by atoms with Crippen LogP contribution in [0.2, 0.25) is 0 Å². The molecular formula is C16H23F2NO. The molecule has 0 heterocycles. The number of nitrogens with one attached hydrogen (secondary N) is 1. The van der Waals surface area contributed by atoms with E-state index >= 15 is 0 Å². The van der Waals surface area contributed by atoms with Crippen molar-refractivity contribution in [2.24, 2.45) is 5.92 Å². The van der Waals surface area contributed by atoms with E-state index in [-0.39, 0.29) is 12.1 Å². The minimum absolute atomic E-state index is 0.0216. The Kier molecular flexibility index (Phi) is 5.49. The first-order chi connectivity index (χ1) is 9.58. The van der Waals surface area contributed by atoms with Crippen LogP contribution < -0.4 is 5.32 Å². The zero-order valence-corrected chi connectivity index (χ0v) is 11.9. The molecule has 1 aromatic rings. The maximum atomic E-state index is 13.5. The Balaban J connectivity index is 1.87. The molecule has 20 heavy (non-hydrogen) atoms. The molecule has 2 rings (SSSR count). The monoisotopic (exact) mass is 283 g/mol. The summed E-state index contributed by atoms with van der Waals surface area (Å²) in [6.07, 6.45) is 5.23. The first-order valence-electron chi connectivity index (χ1n) is 7.44. The van der Waals surface area contributed by atoms with E-state index in [0.29, 0.717) is 12.0 Å². The number of aliphatic hydroxyl groups is 1. The minimum atomic E-state index is -1.02. The molecule has 0 saturated heterocycles. The summed E-state index contributed by atoms with van der Waals surface area (Å²) in [5.41, 5.74) is 0.0216. The van der Waals surface area contributed by atoms with Gasteiger partial charge in [-0.3, -0.25) is 0 Å². The summed E-state index contributed by atoms with van der Waals surface area (Å²) in [5, 5.41) is 13.3. The topological polar surface area (TPSA) is 32.3 Å². The molecule has 0 bridgehead atoms. The number of hydrogen-bond donors (Lipinski definition) is 2. The van der Waals surface area contributed by atoms with Crippen molar-refractivity contribution in [1.29, 1.82) is 0 Å². The van der Waals surface area contributed by atoms with Gasteiger partial charge in [0.05, 0.1) is 6.10 Å². The largest absolute Gasteiger partial charge is 0.387 e. The molecule has 2 nitrogen and oxygen atoms in total. The first-order valence-corrected chi connectivity index (χ1v) is 7.44. The van der Waals surface area contributed by atoms with Gasteiger partial charge in [-0.1, -0.05) is 19.3 Å². The summed E-state index contributed by atoms with van der Waals surface area (Å²) >= 11 is 0. The van der Waals surface area contributed by atoms with Gasteiger partial charge in [-0.15, -0.1) is 0 Å². The van der Waals surface area contributed by atoms with Crippen molar-refractivity contribution < 1.29 is 13.9 Å². The maximum Gasteiger partial charge on any atom is 0.129 e. The van der Waals surface area contributed by atoms with E-state index in [1.165, 1.54) is 32.1 Å². The van der Waals surface area contributed by atoms with Crippen LogP contribution in [0, 0.1) is 17.6 Å². The molecule has 112 valence electrons. The predicted octanol–water partition coefficient (Wildman–Crippen LogP) is 3.56. The van der Waals surface area contributed by atoms with Gasteiger partial charge in [-0.05, 0) is 43.9 Å². The summed E-state index contributed by atoms with van der Waals surface area (Å²) in [5.74, 6) is -0.472. The Morgan fingerprint density at radius 3 is 2.65 bits per heavy atom. The van der Waals surface area contributed by atoms with E-state index in [0.717, 1.165) is 18.2 Å². The van der Waals surface area contributed by atoms with Gasteiger partial charge in [0.15, 0.2) is 0 Å². The third kappa shape index (κ3) is 4.00. The zero-order valence-electron chi connectivity index (χ0n) is 11.9. The Hall–Kier alpha value is -1.00. The molecule has 0 amide bonds. The molecule has 4 heteroatoms. The Bertz CT molecular complexity index is 432. The molecule has 2 atom stereocenters. The van der Waals surface area contributed by atoms with Gasteiger partial charge in [0.2, 0.25) is 0 Å². The molecule has 1 aliphatic rings. The fraction of sp³-hybridized carbons (Fsp3) is 0.625. The highest BCUT2D eigenvalue weighted by atomic mass is 19.1. The normalized spacial score (nSPS) is 19.8. The number of halogens is 2. The lowest BCUT2D eigenvalue weighted by atomic mass is 9.84. The summed E-state index contributed by atoms with van der Waals surface area (Å²) in [6, 6.07) is 3.47. The highest BCUT2D eigenvalue weighted by Crippen LogP contribution is 2.26. The molecule has 1 aromatic carbocycles. The van der Waals surface area contributed by atoms with E-state index in [9.17, 15) is 13.9 Å². The standard InChI is InChI=1S/C16H23F2NO/c1-11(12-5-3-2-4-6-12)19-10-16(20)14-9-13(17)7-8-15(14)18/h7-9,11-12,16,19-20H,2-6,10H2,1H3/t11-,16?/m0/s1. The summed E-state index contributed by atoms with van der Waals surface area (Å²) in [6.45, 7) is 2.35. The fourth-order valence-corrected chi connectivity index (χ4v) is 2.98. The summed E-state index contributed by atoms with van der Waals surface area (Å²) in [4.78, 5) is 0. The molecule has 2 N–H and O–H groups in total. The smallest absolute Gasteiger partial charge is 0.129 e. The van der Waals surface area contributed by atoms with Crippen molar-refractivity contribution in [2.45, 2.75) is 51.2 Å². The van der Waals surface area contributed by atoms with E-state index in [1.807, 2.05) is 0 Å². The minimum Gasteiger partial charge on any atom is -0.387 e. The lowest BCUT2D eigenvalue weighted by Gasteiger charge is -2.29. The number of benzene rings is 1. The van der Waals surface area contributed by atoms with Crippen LogP contribution in [0.4, 0.5) is 8.78 Å². The van der Waals surface area contributed by atoms with Crippen LogP contribution in [-0.2, 0) is 0 Å². The van der Waals surface area contributed by atoms with Gasteiger partial charge in [0.25, 0.3) is 0 Å². The quantitative estimate of drug-likeness (QED) is 0.866. The van der Waals surface area contributed by atoms with Crippen LogP contribution in [0.1, 0.15) is 50.7 Å². The van der Waals surface area contributed by atoms with Crippen LogP contribution in [0.3, 0.4) is 0 Å². The van der Waals surface area contributed by atoms with Crippen LogP contribution in [0.15, 0.2) is 18.2 Å². The van der Waals surface area contributed by atoms with Gasteiger partial charge in [-0.25, -0.2) is 8.78 Å². The Morgan fingerprint density at radius 2 is 1.95 bits per heavy atom. The highest BCUT2D eigenvalue weighted by molar-refractivity contribution is 5.21. The Labute approximate surface area is 119 Å². The molecule has 1 aliphatic carbocycles. The van der Waals surface area contributed by atoms with Crippen molar-refractivity contribution >= 4 is 0 Å². The van der Waals surface area contributed by atoms with Crippen LogP contribution >= 0.6 is 0 Å². The highest BCUT2D eigenvalue weighted by Gasteiger charge is 2.21. The van der Waals surface area contributed by atoms with Gasteiger partial charge < -0.3 is 10.4 Å². The molecular weight excluding hydrogens is 260 g/mol. The SMILES string of the molecule is C[C@H](NCC(O)c1cc(F)ccc1F)C1CCCCC1. The third-order valence-electron chi connectivity index (χ3n) is 4.31. The van der Waals surface area contributed by atoms with Crippen molar-refractivity contribution in [2.75, 3.05) is 6.54 Å². The van der Waals surface area contributed by atoms with E-state index in [1.54, 1.807) is 0 Å². The second kappa shape index (κ2) is 7.14. The van der Waals surface area contributed by atoms with Crippen LogP contribution in [0.25, 0.3) is 0 Å². The maximum absolute atomic E-state index is 13.5. The van der Waals surface area contributed by atoms with Gasteiger partial charge >= 0.3 is 0 Å². The van der Waals surface area contributed by atoms with Crippen molar-refractivity contribution in [3.8, 4) is 0 Å². The second-order valence-electron chi connectivity index (χ2n) is 5.78. The van der Waals surface area contributed by atoms with Crippen molar-refractivity contribution in [3.05, 3.63) is 35.4 Å². The molecule has 1 unspecified atom stereocenters. The Morgan fingerprint density at radius 1 is 1.25 bits per heavy atom. The molecule has 1 fully saturated rings. The second-order valence-corrected chi connectivity index (χ2v) is 5.78. The molecule has 0 aromatic heterocycles. The van der Waals surface area contributed by atoms with Crippen molar-refractivity contribution in [1.82, 2.24) is 5.32 Å².